The van der Waals surface area contributed by atoms with E-state index in [1.165, 1.54) is 22.2 Å². The molecule has 0 saturated heterocycles. The Morgan fingerprint density at radius 1 is 1.12 bits per heavy atom. The number of hydrogen-bond acceptors (Lipinski definition) is 5. The predicted molar refractivity (Wildman–Crippen MR) is 107 cm³/mol. The Balaban J connectivity index is 1.86. The molecule has 2 heterocycles. The molecule has 0 saturated carbocycles. The van der Waals surface area contributed by atoms with E-state index in [4.69, 9.17) is 11.6 Å². The van der Waals surface area contributed by atoms with Crippen LogP contribution in [0.2, 0.25) is 5.02 Å². The van der Waals surface area contributed by atoms with E-state index >= 15 is 0 Å². The van der Waals surface area contributed by atoms with Gasteiger partial charge in [-0.15, -0.1) is 0 Å². The molecule has 4 aromatic rings. The number of aryl methyl sites for hydroxylation is 1. The van der Waals surface area contributed by atoms with Crippen molar-refractivity contribution in [2.45, 2.75) is 6.92 Å². The van der Waals surface area contributed by atoms with Gasteiger partial charge in [0.15, 0.2) is 10.8 Å². The normalized spacial score (nSPS) is 11.0. The van der Waals surface area contributed by atoms with Gasteiger partial charge in [-0.25, -0.2) is 4.98 Å². The van der Waals surface area contributed by atoms with Gasteiger partial charge in [0.2, 0.25) is 0 Å². The molecule has 0 N–H and O–H groups in total. The third kappa shape index (κ3) is 2.77. The Morgan fingerprint density at radius 2 is 1.88 bits per heavy atom. The molecule has 4 rings (SSSR count). The van der Waals surface area contributed by atoms with Gasteiger partial charge in [0.25, 0.3) is 5.56 Å². The zero-order chi connectivity index (χ0) is 18.3. The van der Waals surface area contributed by atoms with Crippen LogP contribution >= 0.6 is 22.9 Å². The highest BCUT2D eigenvalue weighted by atomic mass is 35.5. The van der Waals surface area contributed by atoms with Gasteiger partial charge >= 0.3 is 0 Å². The van der Waals surface area contributed by atoms with Crippen LogP contribution in [0, 0.1) is 6.92 Å². The smallest absolute Gasteiger partial charge is 0.277 e. The molecule has 0 fully saturated rings. The Labute approximate surface area is 159 Å². The van der Waals surface area contributed by atoms with Crippen molar-refractivity contribution in [2.75, 3.05) is 11.9 Å². The third-order valence-corrected chi connectivity index (χ3v) is 5.58. The molecule has 130 valence electrons. The van der Waals surface area contributed by atoms with Crippen molar-refractivity contribution in [1.82, 2.24) is 14.5 Å². The number of hydrogen-bond donors (Lipinski definition) is 0. The minimum Gasteiger partial charge on any atom is -0.321 e. The second-order valence-corrected chi connectivity index (χ2v) is 7.25. The second-order valence-electron chi connectivity index (χ2n) is 5.87. The molecular formula is C19H15ClN4OS. The first-order chi connectivity index (χ1) is 12.6. The van der Waals surface area contributed by atoms with Crippen molar-refractivity contribution in [3.05, 3.63) is 75.8 Å². The summed E-state index contributed by atoms with van der Waals surface area (Å²) in [5, 5.41) is 1.23. The zero-order valence-corrected chi connectivity index (χ0v) is 15.8. The second kappa shape index (κ2) is 6.55. The monoisotopic (exact) mass is 382 g/mol. The maximum absolute atomic E-state index is 13.0. The molecule has 26 heavy (non-hydrogen) atoms. The first-order valence-corrected chi connectivity index (χ1v) is 9.18. The van der Waals surface area contributed by atoms with Crippen LogP contribution in [-0.2, 0) is 0 Å². The summed E-state index contributed by atoms with van der Waals surface area (Å²) in [5.41, 5.74) is 2.83. The van der Waals surface area contributed by atoms with Gasteiger partial charge in [-0.2, -0.15) is 4.98 Å². The first kappa shape index (κ1) is 16.8. The molecule has 0 amide bonds. The molecular weight excluding hydrogens is 368 g/mol. The van der Waals surface area contributed by atoms with Crippen LogP contribution in [0.25, 0.3) is 16.0 Å². The number of para-hydroxylation sites is 2. The van der Waals surface area contributed by atoms with Gasteiger partial charge < -0.3 is 4.90 Å². The van der Waals surface area contributed by atoms with E-state index in [-0.39, 0.29) is 5.56 Å². The van der Waals surface area contributed by atoms with Crippen molar-refractivity contribution in [1.29, 1.82) is 0 Å². The Hall–Kier alpha value is -2.70. The predicted octanol–water partition coefficient (Wildman–Crippen LogP) is 4.57. The van der Waals surface area contributed by atoms with E-state index in [1.54, 1.807) is 6.07 Å². The van der Waals surface area contributed by atoms with Crippen LogP contribution in [0.15, 0.2) is 59.7 Å². The molecule has 5 nitrogen and oxygen atoms in total. The van der Waals surface area contributed by atoms with Crippen molar-refractivity contribution < 1.29 is 0 Å². The highest BCUT2D eigenvalue weighted by Gasteiger charge is 2.16. The molecule has 7 heteroatoms. The van der Waals surface area contributed by atoms with E-state index < -0.39 is 0 Å². The lowest BCUT2D eigenvalue weighted by Crippen LogP contribution is -2.19. The molecule has 2 aromatic heterocycles. The van der Waals surface area contributed by atoms with Crippen molar-refractivity contribution in [3.8, 4) is 5.69 Å². The average molecular weight is 383 g/mol. The Morgan fingerprint density at radius 3 is 2.62 bits per heavy atom. The number of fused-ring (bicyclic) bond motifs is 1. The SMILES string of the molecule is Cc1cccc(Cl)c1-n1cnc2nc(N(C)c3ccccc3)sc2c1=O. The highest BCUT2D eigenvalue weighted by Crippen LogP contribution is 2.30. The van der Waals surface area contributed by atoms with Crippen LogP contribution in [0.3, 0.4) is 0 Å². The maximum Gasteiger partial charge on any atom is 0.277 e. The fourth-order valence-corrected chi connectivity index (χ4v) is 4.04. The first-order valence-electron chi connectivity index (χ1n) is 7.98. The topological polar surface area (TPSA) is 51.0 Å². The lowest BCUT2D eigenvalue weighted by atomic mass is 10.2. The molecule has 0 aliphatic rings. The number of anilines is 2. The number of rotatable bonds is 3. The summed E-state index contributed by atoms with van der Waals surface area (Å²) in [4.78, 5) is 23.9. The molecule has 0 unspecified atom stereocenters. The van der Waals surface area contributed by atoms with Gasteiger partial charge in [0, 0.05) is 12.7 Å². The molecule has 2 aromatic carbocycles. The van der Waals surface area contributed by atoms with E-state index in [2.05, 4.69) is 9.97 Å². The molecule has 0 aliphatic carbocycles. The van der Waals surface area contributed by atoms with Crippen LogP contribution in [-0.4, -0.2) is 21.6 Å². The molecule has 0 aliphatic heterocycles. The quantitative estimate of drug-likeness (QED) is 0.520. The van der Waals surface area contributed by atoms with Gasteiger partial charge in [0.1, 0.15) is 11.0 Å². The summed E-state index contributed by atoms with van der Waals surface area (Å²) in [7, 11) is 1.92. The van der Waals surface area contributed by atoms with Crippen molar-refractivity contribution in [3.63, 3.8) is 0 Å². The number of halogens is 1. The van der Waals surface area contributed by atoms with Gasteiger partial charge in [0.05, 0.1) is 10.7 Å². The summed E-state index contributed by atoms with van der Waals surface area (Å²) in [6.07, 6.45) is 1.49. The standard InChI is InChI=1S/C19H15ClN4OS/c1-12-7-6-10-14(20)15(12)24-11-21-17-16(18(24)25)26-19(22-17)23(2)13-8-4-3-5-9-13/h3-11H,1-2H3. The fraction of sp³-hybridized carbons (Fsp3) is 0.105. The summed E-state index contributed by atoms with van der Waals surface area (Å²) in [6, 6.07) is 15.4. The fourth-order valence-electron chi connectivity index (χ4n) is 2.80. The number of aromatic nitrogens is 3. The molecule has 0 radical (unpaired) electrons. The largest absolute Gasteiger partial charge is 0.321 e. The average Bonchev–Trinajstić information content (AvgIpc) is 3.08. The summed E-state index contributed by atoms with van der Waals surface area (Å²) < 4.78 is 1.99. The number of nitrogens with zero attached hydrogens (tertiary/aromatic N) is 4. The summed E-state index contributed by atoms with van der Waals surface area (Å²) >= 11 is 7.64. The molecule has 0 spiro atoms. The van der Waals surface area contributed by atoms with Crippen LogP contribution in [0.4, 0.5) is 10.8 Å². The van der Waals surface area contributed by atoms with E-state index in [0.29, 0.717) is 26.2 Å². The number of benzene rings is 2. The molecule has 0 atom stereocenters. The third-order valence-electron chi connectivity index (χ3n) is 4.17. The van der Waals surface area contributed by atoms with E-state index in [9.17, 15) is 4.79 Å². The van der Waals surface area contributed by atoms with Gasteiger partial charge in [-0.3, -0.25) is 9.36 Å². The van der Waals surface area contributed by atoms with Crippen molar-refractivity contribution in [2.24, 2.45) is 0 Å². The van der Waals surface area contributed by atoms with Gasteiger partial charge in [-0.05, 0) is 30.7 Å². The zero-order valence-electron chi connectivity index (χ0n) is 14.2. The lowest BCUT2D eigenvalue weighted by Gasteiger charge is -2.14. The van der Waals surface area contributed by atoms with Crippen LogP contribution in [0.1, 0.15) is 5.56 Å². The Bertz CT molecular complexity index is 1130. The van der Waals surface area contributed by atoms with Crippen LogP contribution < -0.4 is 10.5 Å². The molecule has 0 bridgehead atoms. The van der Waals surface area contributed by atoms with E-state index in [1.807, 2.05) is 61.3 Å². The summed E-state index contributed by atoms with van der Waals surface area (Å²) in [6.45, 7) is 1.92. The number of thiazole rings is 1. The lowest BCUT2D eigenvalue weighted by molar-refractivity contribution is 0.951. The van der Waals surface area contributed by atoms with Gasteiger partial charge in [-0.1, -0.05) is 53.3 Å². The maximum atomic E-state index is 13.0. The van der Waals surface area contributed by atoms with Crippen molar-refractivity contribution >= 4 is 44.1 Å². The minimum absolute atomic E-state index is 0.170. The summed E-state index contributed by atoms with van der Waals surface area (Å²) in [5.74, 6) is 0. The van der Waals surface area contributed by atoms with Crippen LogP contribution in [0.5, 0.6) is 0 Å². The Kier molecular flexibility index (Phi) is 4.22. The minimum atomic E-state index is -0.170. The highest BCUT2D eigenvalue weighted by molar-refractivity contribution is 7.22. The van der Waals surface area contributed by atoms with E-state index in [0.717, 1.165) is 11.3 Å².